The maximum atomic E-state index is 12.7. The Labute approximate surface area is 162 Å². The Morgan fingerprint density at radius 3 is 2.78 bits per heavy atom. The average Bonchev–Trinajstić information content (AvgIpc) is 2.60. The van der Waals surface area contributed by atoms with Crippen molar-refractivity contribution >= 4 is 33.3 Å². The number of hydrogen-bond acceptors (Lipinski definition) is 4. The van der Waals surface area contributed by atoms with Crippen molar-refractivity contribution in [2.75, 3.05) is 17.8 Å². The molecular weight excluding hydrogens is 388 g/mol. The van der Waals surface area contributed by atoms with E-state index >= 15 is 0 Å². The summed E-state index contributed by atoms with van der Waals surface area (Å²) < 4.78 is 27.9. The first-order valence-corrected chi connectivity index (χ1v) is 10.0. The number of benzene rings is 2. The Balaban J connectivity index is 1.79. The highest BCUT2D eigenvalue weighted by atomic mass is 35.5. The highest BCUT2D eigenvalue weighted by Gasteiger charge is 2.20. The van der Waals surface area contributed by atoms with Gasteiger partial charge in [0, 0.05) is 24.0 Å². The summed E-state index contributed by atoms with van der Waals surface area (Å²) in [5.41, 5.74) is 2.37. The molecule has 3 rings (SSSR count). The molecule has 6 nitrogen and oxygen atoms in total. The lowest BCUT2D eigenvalue weighted by Crippen LogP contribution is -2.31. The zero-order valence-electron chi connectivity index (χ0n) is 14.3. The van der Waals surface area contributed by atoms with Crippen molar-refractivity contribution in [2.45, 2.75) is 17.9 Å². The SMILES string of the molecule is O=C(O)C#CCN1CCc2ccc(S(=O)(=O)Nc3cccc(Cl)c3)cc2C1. The molecule has 0 aliphatic carbocycles. The third-order valence-electron chi connectivity index (χ3n) is 4.15. The minimum Gasteiger partial charge on any atom is -0.472 e. The molecule has 0 amide bonds. The van der Waals surface area contributed by atoms with Gasteiger partial charge in [0.1, 0.15) is 0 Å². The number of nitrogens with one attached hydrogen (secondary N) is 1. The molecule has 8 heteroatoms. The number of sulfonamides is 1. The van der Waals surface area contributed by atoms with E-state index in [4.69, 9.17) is 16.7 Å². The van der Waals surface area contributed by atoms with Crippen molar-refractivity contribution in [3.05, 3.63) is 58.6 Å². The van der Waals surface area contributed by atoms with E-state index in [9.17, 15) is 13.2 Å². The summed E-state index contributed by atoms with van der Waals surface area (Å²) in [6, 6.07) is 11.6. The first-order valence-electron chi connectivity index (χ1n) is 8.18. The Morgan fingerprint density at radius 1 is 1.22 bits per heavy atom. The van der Waals surface area contributed by atoms with Gasteiger partial charge in [-0.2, -0.15) is 0 Å². The molecule has 0 saturated heterocycles. The number of carbonyl (C=O) groups is 1. The van der Waals surface area contributed by atoms with E-state index in [2.05, 4.69) is 16.6 Å². The number of anilines is 1. The summed E-state index contributed by atoms with van der Waals surface area (Å²) >= 11 is 5.90. The zero-order valence-corrected chi connectivity index (χ0v) is 15.8. The molecule has 0 radical (unpaired) electrons. The van der Waals surface area contributed by atoms with Crippen LogP contribution in [0.1, 0.15) is 11.1 Å². The maximum Gasteiger partial charge on any atom is 0.381 e. The Hall–Kier alpha value is -2.53. The molecule has 27 heavy (non-hydrogen) atoms. The van der Waals surface area contributed by atoms with Gasteiger partial charge in [-0.1, -0.05) is 29.7 Å². The van der Waals surface area contributed by atoms with Gasteiger partial charge >= 0.3 is 5.97 Å². The highest BCUT2D eigenvalue weighted by molar-refractivity contribution is 7.92. The number of rotatable bonds is 4. The maximum absolute atomic E-state index is 12.7. The predicted molar refractivity (Wildman–Crippen MR) is 103 cm³/mol. The minimum absolute atomic E-state index is 0.166. The Bertz CT molecular complexity index is 1040. The van der Waals surface area contributed by atoms with Crippen molar-refractivity contribution in [1.29, 1.82) is 0 Å². The summed E-state index contributed by atoms with van der Waals surface area (Å²) in [5, 5.41) is 9.03. The summed E-state index contributed by atoms with van der Waals surface area (Å²) in [7, 11) is -3.74. The molecule has 0 spiro atoms. The molecule has 0 aromatic heterocycles. The molecule has 2 aromatic rings. The smallest absolute Gasteiger partial charge is 0.381 e. The van der Waals surface area contributed by atoms with E-state index in [0.717, 1.165) is 24.1 Å². The zero-order chi connectivity index (χ0) is 19.4. The van der Waals surface area contributed by atoms with E-state index in [1.807, 2.05) is 11.0 Å². The van der Waals surface area contributed by atoms with Crippen molar-refractivity contribution in [2.24, 2.45) is 0 Å². The second kappa shape index (κ2) is 8.01. The second-order valence-corrected chi connectivity index (χ2v) is 8.23. The van der Waals surface area contributed by atoms with Crippen molar-refractivity contribution in [1.82, 2.24) is 4.90 Å². The van der Waals surface area contributed by atoms with Crippen LogP contribution in [-0.4, -0.2) is 37.5 Å². The molecule has 1 heterocycles. The normalized spacial score (nSPS) is 14.0. The molecule has 140 valence electrons. The Morgan fingerprint density at radius 2 is 2.04 bits per heavy atom. The van der Waals surface area contributed by atoms with E-state index in [0.29, 0.717) is 23.8 Å². The van der Waals surface area contributed by atoms with Gasteiger partial charge in [0.25, 0.3) is 10.0 Å². The molecule has 0 saturated carbocycles. The van der Waals surface area contributed by atoms with Crippen LogP contribution in [0.4, 0.5) is 5.69 Å². The fourth-order valence-corrected chi connectivity index (χ4v) is 4.18. The lowest BCUT2D eigenvalue weighted by molar-refractivity contribution is -0.130. The van der Waals surface area contributed by atoms with Crippen LogP contribution in [0.25, 0.3) is 0 Å². The van der Waals surface area contributed by atoms with Gasteiger partial charge < -0.3 is 5.11 Å². The largest absolute Gasteiger partial charge is 0.472 e. The standard InChI is InChI=1S/C19H17ClN2O4S/c20-16-3-1-4-17(12-16)21-27(25,26)18-7-6-14-8-10-22(13-15(14)11-18)9-2-5-19(23)24/h1,3-4,6-7,11-12,21H,8-10,13H2,(H,23,24). The molecule has 0 unspecified atom stereocenters. The molecule has 1 aliphatic heterocycles. The number of carboxylic acid groups (broad SMARTS) is 1. The molecule has 1 aliphatic rings. The van der Waals surface area contributed by atoms with Crippen LogP contribution in [0.2, 0.25) is 5.02 Å². The third kappa shape index (κ3) is 5.01. The summed E-state index contributed by atoms with van der Waals surface area (Å²) in [4.78, 5) is 12.6. The predicted octanol–water partition coefficient (Wildman–Crippen LogP) is 2.59. The van der Waals surface area contributed by atoms with Gasteiger partial charge in [0.05, 0.1) is 17.1 Å². The number of fused-ring (bicyclic) bond motifs is 1. The van der Waals surface area contributed by atoms with Crippen molar-refractivity contribution in [3.63, 3.8) is 0 Å². The van der Waals surface area contributed by atoms with E-state index in [1.54, 1.807) is 36.4 Å². The third-order valence-corrected chi connectivity index (χ3v) is 5.77. The van der Waals surface area contributed by atoms with Crippen LogP contribution in [0, 0.1) is 11.8 Å². The molecule has 2 aromatic carbocycles. The summed E-state index contributed by atoms with van der Waals surface area (Å²) in [6.45, 7) is 1.59. The van der Waals surface area contributed by atoms with Crippen LogP contribution in [0.3, 0.4) is 0 Å². The van der Waals surface area contributed by atoms with E-state index in [1.165, 1.54) is 0 Å². The molecule has 0 bridgehead atoms. The van der Waals surface area contributed by atoms with Crippen LogP contribution in [-0.2, 0) is 27.8 Å². The monoisotopic (exact) mass is 404 g/mol. The average molecular weight is 405 g/mol. The highest BCUT2D eigenvalue weighted by Crippen LogP contribution is 2.24. The second-order valence-electron chi connectivity index (χ2n) is 6.11. The van der Waals surface area contributed by atoms with Gasteiger partial charge in [-0.3, -0.25) is 9.62 Å². The topological polar surface area (TPSA) is 86.7 Å². The first kappa shape index (κ1) is 19.2. The molecular formula is C19H17ClN2O4S. The molecule has 0 atom stereocenters. The number of hydrogen-bond donors (Lipinski definition) is 2. The van der Waals surface area contributed by atoms with Crippen LogP contribution < -0.4 is 4.72 Å². The van der Waals surface area contributed by atoms with E-state index in [-0.39, 0.29) is 4.90 Å². The number of carboxylic acids is 1. The first-order chi connectivity index (χ1) is 12.8. The van der Waals surface area contributed by atoms with Crippen LogP contribution in [0.5, 0.6) is 0 Å². The van der Waals surface area contributed by atoms with Crippen LogP contribution in [0.15, 0.2) is 47.4 Å². The molecule has 2 N–H and O–H groups in total. The van der Waals surface area contributed by atoms with Crippen LogP contribution >= 0.6 is 11.6 Å². The quantitative estimate of drug-likeness (QED) is 0.765. The lowest BCUT2D eigenvalue weighted by atomic mass is 10.00. The van der Waals surface area contributed by atoms with Gasteiger partial charge in [0.15, 0.2) is 0 Å². The van der Waals surface area contributed by atoms with Crippen molar-refractivity contribution < 1.29 is 18.3 Å². The van der Waals surface area contributed by atoms with E-state index < -0.39 is 16.0 Å². The van der Waals surface area contributed by atoms with Gasteiger partial charge in [-0.15, -0.1) is 0 Å². The van der Waals surface area contributed by atoms with Gasteiger partial charge in [-0.25, -0.2) is 13.2 Å². The lowest BCUT2D eigenvalue weighted by Gasteiger charge is -2.27. The molecule has 0 fully saturated rings. The number of halogens is 1. The number of aliphatic carboxylic acids is 1. The fourth-order valence-electron chi connectivity index (χ4n) is 2.89. The minimum atomic E-state index is -3.74. The van der Waals surface area contributed by atoms with Crippen molar-refractivity contribution in [3.8, 4) is 11.8 Å². The number of nitrogens with zero attached hydrogens (tertiary/aromatic N) is 1. The Kier molecular flexibility index (Phi) is 5.71. The summed E-state index contributed by atoms with van der Waals surface area (Å²) in [6.07, 6.45) is 0.756. The van der Waals surface area contributed by atoms with Gasteiger partial charge in [-0.05, 0) is 47.9 Å². The summed E-state index contributed by atoms with van der Waals surface area (Å²) in [5.74, 6) is 3.53. The van der Waals surface area contributed by atoms with Gasteiger partial charge in [0.2, 0.25) is 0 Å². The fraction of sp³-hybridized carbons (Fsp3) is 0.211.